The molecule has 1 aliphatic carbocycles. The summed E-state index contributed by atoms with van der Waals surface area (Å²) in [5.74, 6) is 2.01. The molecule has 0 saturated heterocycles. The molecule has 1 heterocycles. The fraction of sp³-hybridized carbons (Fsp3) is 0.562. The van der Waals surface area contributed by atoms with E-state index in [1.54, 1.807) is 0 Å². The molecule has 0 bridgehead atoms. The van der Waals surface area contributed by atoms with E-state index in [9.17, 15) is 0 Å². The van der Waals surface area contributed by atoms with E-state index in [0.717, 1.165) is 23.8 Å². The SMILES string of the molecule is Cc1cccc2nc(C(C)Cl)n(CCCC3CC3)c12. The Kier molecular flexibility index (Phi) is 3.53. The normalized spacial score (nSPS) is 17.0. The summed E-state index contributed by atoms with van der Waals surface area (Å²) in [6.07, 6.45) is 5.45. The second kappa shape index (κ2) is 5.16. The predicted octanol–water partition coefficient (Wildman–Crippen LogP) is 4.83. The summed E-state index contributed by atoms with van der Waals surface area (Å²) >= 11 is 6.30. The zero-order chi connectivity index (χ0) is 13.4. The van der Waals surface area contributed by atoms with E-state index < -0.39 is 0 Å². The van der Waals surface area contributed by atoms with Crippen molar-refractivity contribution in [2.75, 3.05) is 0 Å². The van der Waals surface area contributed by atoms with Crippen LogP contribution in [0.4, 0.5) is 0 Å². The number of hydrogen-bond donors (Lipinski definition) is 0. The first-order chi connectivity index (χ1) is 9.16. The highest BCUT2D eigenvalue weighted by atomic mass is 35.5. The molecule has 1 aromatic heterocycles. The van der Waals surface area contributed by atoms with E-state index in [2.05, 4.69) is 29.7 Å². The molecule has 1 fully saturated rings. The molecule has 0 N–H and O–H groups in total. The van der Waals surface area contributed by atoms with E-state index in [1.165, 1.54) is 36.8 Å². The van der Waals surface area contributed by atoms with E-state index in [1.807, 2.05) is 6.92 Å². The molecular weight excluding hydrogens is 256 g/mol. The summed E-state index contributed by atoms with van der Waals surface area (Å²) in [7, 11) is 0. The standard InChI is InChI=1S/C16H21ClN2/c1-11-5-3-7-14-15(11)19(16(18-14)12(2)17)10-4-6-13-8-9-13/h3,5,7,12-13H,4,6,8-10H2,1-2H3. The summed E-state index contributed by atoms with van der Waals surface area (Å²) in [4.78, 5) is 4.72. The van der Waals surface area contributed by atoms with E-state index in [4.69, 9.17) is 16.6 Å². The minimum Gasteiger partial charge on any atom is -0.327 e. The molecular formula is C16H21ClN2. The second-order valence-corrected chi connectivity index (χ2v) is 6.42. The third-order valence-electron chi connectivity index (χ3n) is 4.04. The zero-order valence-corrected chi connectivity index (χ0v) is 12.5. The molecule has 1 aromatic carbocycles. The molecule has 19 heavy (non-hydrogen) atoms. The summed E-state index contributed by atoms with van der Waals surface area (Å²) in [6, 6.07) is 6.31. The Morgan fingerprint density at radius 1 is 1.42 bits per heavy atom. The van der Waals surface area contributed by atoms with E-state index in [0.29, 0.717) is 0 Å². The first-order valence-electron chi connectivity index (χ1n) is 7.26. The van der Waals surface area contributed by atoms with Crippen LogP contribution in [0.25, 0.3) is 11.0 Å². The van der Waals surface area contributed by atoms with Crippen LogP contribution < -0.4 is 0 Å². The van der Waals surface area contributed by atoms with Crippen LogP contribution in [0.5, 0.6) is 0 Å². The average molecular weight is 277 g/mol. The lowest BCUT2D eigenvalue weighted by Crippen LogP contribution is -2.05. The topological polar surface area (TPSA) is 17.8 Å². The van der Waals surface area contributed by atoms with Crippen molar-refractivity contribution < 1.29 is 0 Å². The van der Waals surface area contributed by atoms with Crippen LogP contribution in [0.3, 0.4) is 0 Å². The molecule has 0 spiro atoms. The fourth-order valence-corrected chi connectivity index (χ4v) is 3.02. The minimum absolute atomic E-state index is 0.0345. The summed E-state index contributed by atoms with van der Waals surface area (Å²) in [6.45, 7) is 5.21. The van der Waals surface area contributed by atoms with E-state index >= 15 is 0 Å². The van der Waals surface area contributed by atoms with Gasteiger partial charge >= 0.3 is 0 Å². The Balaban J connectivity index is 1.94. The Hall–Kier alpha value is -1.02. The molecule has 3 heteroatoms. The first-order valence-corrected chi connectivity index (χ1v) is 7.70. The van der Waals surface area contributed by atoms with Crippen molar-refractivity contribution in [3.63, 3.8) is 0 Å². The number of aromatic nitrogens is 2. The summed E-state index contributed by atoms with van der Waals surface area (Å²) in [5.41, 5.74) is 3.63. The van der Waals surface area contributed by atoms with Crippen molar-refractivity contribution in [3.8, 4) is 0 Å². The van der Waals surface area contributed by atoms with Crippen molar-refractivity contribution in [1.82, 2.24) is 9.55 Å². The Bertz CT molecular complexity index is 582. The second-order valence-electron chi connectivity index (χ2n) is 5.77. The van der Waals surface area contributed by atoms with Gasteiger partial charge in [-0.05, 0) is 44.2 Å². The average Bonchev–Trinajstić information content (AvgIpc) is 3.10. The lowest BCUT2D eigenvalue weighted by Gasteiger charge is -2.11. The van der Waals surface area contributed by atoms with Crippen molar-refractivity contribution in [3.05, 3.63) is 29.6 Å². The van der Waals surface area contributed by atoms with Gasteiger partial charge in [0, 0.05) is 6.54 Å². The maximum atomic E-state index is 6.30. The first kappa shape index (κ1) is 13.0. The lowest BCUT2D eigenvalue weighted by atomic mass is 10.2. The zero-order valence-electron chi connectivity index (χ0n) is 11.7. The molecule has 102 valence electrons. The van der Waals surface area contributed by atoms with Crippen LogP contribution in [0, 0.1) is 12.8 Å². The Morgan fingerprint density at radius 2 is 2.21 bits per heavy atom. The van der Waals surface area contributed by atoms with Gasteiger partial charge in [0.2, 0.25) is 0 Å². The van der Waals surface area contributed by atoms with Gasteiger partial charge in [0.1, 0.15) is 5.82 Å². The molecule has 3 rings (SSSR count). The van der Waals surface area contributed by atoms with Crippen LogP contribution in [0.2, 0.25) is 0 Å². The van der Waals surface area contributed by atoms with Gasteiger partial charge in [0.05, 0.1) is 16.4 Å². The molecule has 0 radical (unpaired) electrons. The molecule has 1 unspecified atom stereocenters. The van der Waals surface area contributed by atoms with Crippen molar-refractivity contribution in [1.29, 1.82) is 0 Å². The molecule has 0 amide bonds. The number of aryl methyl sites for hydroxylation is 2. The molecule has 0 aliphatic heterocycles. The number of para-hydroxylation sites is 1. The largest absolute Gasteiger partial charge is 0.327 e. The molecule has 2 aromatic rings. The molecule has 1 aliphatic rings. The van der Waals surface area contributed by atoms with Crippen molar-refractivity contribution in [2.45, 2.75) is 51.5 Å². The number of halogens is 1. The van der Waals surface area contributed by atoms with Gasteiger partial charge in [-0.2, -0.15) is 0 Å². The maximum Gasteiger partial charge on any atom is 0.127 e. The number of benzene rings is 1. The Labute approximate surface area is 119 Å². The number of fused-ring (bicyclic) bond motifs is 1. The van der Waals surface area contributed by atoms with Gasteiger partial charge in [-0.3, -0.25) is 0 Å². The quantitative estimate of drug-likeness (QED) is 0.715. The lowest BCUT2D eigenvalue weighted by molar-refractivity contribution is 0.569. The number of hydrogen-bond acceptors (Lipinski definition) is 1. The summed E-state index contributed by atoms with van der Waals surface area (Å²) in [5, 5.41) is -0.0345. The van der Waals surface area contributed by atoms with Crippen LogP contribution in [-0.4, -0.2) is 9.55 Å². The number of imidazole rings is 1. The smallest absolute Gasteiger partial charge is 0.127 e. The van der Waals surface area contributed by atoms with Gasteiger partial charge < -0.3 is 4.57 Å². The number of alkyl halides is 1. The van der Waals surface area contributed by atoms with Crippen LogP contribution in [0.15, 0.2) is 18.2 Å². The third kappa shape index (κ3) is 2.64. The maximum absolute atomic E-state index is 6.30. The van der Waals surface area contributed by atoms with Crippen LogP contribution in [0.1, 0.15) is 49.4 Å². The Morgan fingerprint density at radius 3 is 2.89 bits per heavy atom. The van der Waals surface area contributed by atoms with Crippen LogP contribution in [-0.2, 0) is 6.54 Å². The van der Waals surface area contributed by atoms with Gasteiger partial charge in [0.15, 0.2) is 0 Å². The van der Waals surface area contributed by atoms with E-state index in [-0.39, 0.29) is 5.38 Å². The minimum atomic E-state index is -0.0345. The number of rotatable bonds is 5. The van der Waals surface area contributed by atoms with Crippen molar-refractivity contribution in [2.24, 2.45) is 5.92 Å². The van der Waals surface area contributed by atoms with Gasteiger partial charge in [0.25, 0.3) is 0 Å². The third-order valence-corrected chi connectivity index (χ3v) is 4.24. The molecule has 2 nitrogen and oxygen atoms in total. The van der Waals surface area contributed by atoms with Gasteiger partial charge in [-0.15, -0.1) is 11.6 Å². The monoisotopic (exact) mass is 276 g/mol. The molecule has 1 atom stereocenters. The number of nitrogens with zero attached hydrogens (tertiary/aromatic N) is 2. The van der Waals surface area contributed by atoms with Crippen molar-refractivity contribution >= 4 is 22.6 Å². The predicted molar refractivity (Wildman–Crippen MR) is 80.7 cm³/mol. The van der Waals surface area contributed by atoms with Gasteiger partial charge in [-0.25, -0.2) is 4.98 Å². The summed E-state index contributed by atoms with van der Waals surface area (Å²) < 4.78 is 2.34. The fourth-order valence-electron chi connectivity index (χ4n) is 2.86. The highest BCUT2D eigenvalue weighted by Gasteiger charge is 2.21. The van der Waals surface area contributed by atoms with Crippen LogP contribution >= 0.6 is 11.6 Å². The highest BCUT2D eigenvalue weighted by molar-refractivity contribution is 6.20. The highest BCUT2D eigenvalue weighted by Crippen LogP contribution is 2.34. The molecule has 1 saturated carbocycles. The van der Waals surface area contributed by atoms with Gasteiger partial charge in [-0.1, -0.05) is 25.0 Å².